The van der Waals surface area contributed by atoms with Crippen LogP contribution in [-0.2, 0) is 0 Å². The van der Waals surface area contributed by atoms with Crippen LogP contribution in [-0.4, -0.2) is 25.8 Å². The second kappa shape index (κ2) is 4.16. The maximum absolute atomic E-state index is 12.9. The molecule has 6 heteroatoms. The SMILES string of the molecule is O=C(O)c1nn(-c2ccc(F)cc2)c2cnccc12. The standard InChI is InChI=1S/C13H8FN3O2/c14-8-1-3-9(4-2-8)17-11-7-15-6-5-10(11)12(16-17)13(18)19/h1-7H,(H,18,19). The first-order chi connectivity index (χ1) is 9.16. The molecule has 0 amide bonds. The van der Waals surface area contributed by atoms with Crippen LogP contribution >= 0.6 is 0 Å². The van der Waals surface area contributed by atoms with E-state index in [0.717, 1.165) is 0 Å². The van der Waals surface area contributed by atoms with E-state index in [-0.39, 0.29) is 11.5 Å². The predicted octanol–water partition coefficient (Wildman–Crippen LogP) is 2.26. The summed E-state index contributed by atoms with van der Waals surface area (Å²) in [6.45, 7) is 0. The van der Waals surface area contributed by atoms with Crippen LogP contribution in [0.4, 0.5) is 4.39 Å². The van der Waals surface area contributed by atoms with Gasteiger partial charge in [-0.15, -0.1) is 0 Å². The fourth-order valence-electron chi connectivity index (χ4n) is 1.90. The third-order valence-corrected chi connectivity index (χ3v) is 2.76. The monoisotopic (exact) mass is 257 g/mol. The maximum atomic E-state index is 12.9. The van der Waals surface area contributed by atoms with Crippen molar-refractivity contribution in [2.24, 2.45) is 0 Å². The van der Waals surface area contributed by atoms with Crippen molar-refractivity contribution in [2.45, 2.75) is 0 Å². The van der Waals surface area contributed by atoms with Gasteiger partial charge in [-0.25, -0.2) is 13.9 Å². The number of halogens is 1. The van der Waals surface area contributed by atoms with E-state index in [1.54, 1.807) is 6.07 Å². The first kappa shape index (κ1) is 11.3. The van der Waals surface area contributed by atoms with Crippen LogP contribution in [0.25, 0.3) is 16.6 Å². The van der Waals surface area contributed by atoms with Crippen molar-refractivity contribution in [3.8, 4) is 5.69 Å². The summed E-state index contributed by atoms with van der Waals surface area (Å²) in [5, 5.41) is 13.7. The molecule has 0 radical (unpaired) electrons. The largest absolute Gasteiger partial charge is 0.476 e. The highest BCUT2D eigenvalue weighted by molar-refractivity contribution is 6.01. The Balaban J connectivity index is 2.29. The molecule has 3 rings (SSSR count). The summed E-state index contributed by atoms with van der Waals surface area (Å²) in [5.41, 5.74) is 1.08. The van der Waals surface area contributed by atoms with Crippen molar-refractivity contribution in [3.63, 3.8) is 0 Å². The van der Waals surface area contributed by atoms with E-state index in [1.807, 2.05) is 0 Å². The summed E-state index contributed by atoms with van der Waals surface area (Å²) in [7, 11) is 0. The van der Waals surface area contributed by atoms with Gasteiger partial charge in [0.1, 0.15) is 5.82 Å². The van der Waals surface area contributed by atoms with Crippen LogP contribution in [0.1, 0.15) is 10.5 Å². The number of hydrogen-bond acceptors (Lipinski definition) is 3. The van der Waals surface area contributed by atoms with E-state index in [2.05, 4.69) is 10.1 Å². The lowest BCUT2D eigenvalue weighted by Gasteiger charge is -2.02. The molecule has 1 aromatic carbocycles. The van der Waals surface area contributed by atoms with Crippen molar-refractivity contribution in [2.75, 3.05) is 0 Å². The zero-order valence-corrected chi connectivity index (χ0v) is 9.62. The molecule has 0 aliphatic heterocycles. The van der Waals surface area contributed by atoms with Gasteiger partial charge < -0.3 is 5.11 Å². The number of benzene rings is 1. The number of aromatic carboxylic acids is 1. The molecule has 0 fully saturated rings. The number of pyridine rings is 1. The highest BCUT2D eigenvalue weighted by Gasteiger charge is 2.16. The average Bonchev–Trinajstić information content (AvgIpc) is 2.79. The van der Waals surface area contributed by atoms with Crippen LogP contribution in [0.15, 0.2) is 42.7 Å². The molecule has 0 saturated carbocycles. The van der Waals surface area contributed by atoms with Crippen LogP contribution in [0.5, 0.6) is 0 Å². The minimum Gasteiger partial charge on any atom is -0.476 e. The molecule has 0 bridgehead atoms. The summed E-state index contributed by atoms with van der Waals surface area (Å²) in [6, 6.07) is 7.23. The molecular weight excluding hydrogens is 249 g/mol. The summed E-state index contributed by atoms with van der Waals surface area (Å²) in [4.78, 5) is 15.1. The van der Waals surface area contributed by atoms with Gasteiger partial charge in [-0.2, -0.15) is 5.10 Å². The van der Waals surface area contributed by atoms with E-state index in [9.17, 15) is 9.18 Å². The van der Waals surface area contributed by atoms with E-state index in [4.69, 9.17) is 5.11 Å². The Morgan fingerprint density at radius 1 is 1.21 bits per heavy atom. The van der Waals surface area contributed by atoms with Gasteiger partial charge in [0, 0.05) is 11.6 Å². The Morgan fingerprint density at radius 2 is 1.95 bits per heavy atom. The second-order valence-electron chi connectivity index (χ2n) is 3.93. The van der Waals surface area contributed by atoms with Crippen molar-refractivity contribution in [1.29, 1.82) is 0 Å². The number of rotatable bonds is 2. The maximum Gasteiger partial charge on any atom is 0.357 e. The first-order valence-electron chi connectivity index (χ1n) is 5.49. The quantitative estimate of drug-likeness (QED) is 0.764. The van der Waals surface area contributed by atoms with E-state index < -0.39 is 5.97 Å². The molecule has 0 spiro atoms. The highest BCUT2D eigenvalue weighted by Crippen LogP contribution is 2.21. The third-order valence-electron chi connectivity index (χ3n) is 2.76. The molecule has 1 N–H and O–H groups in total. The Morgan fingerprint density at radius 3 is 2.63 bits per heavy atom. The van der Waals surface area contributed by atoms with Gasteiger partial charge in [0.15, 0.2) is 5.69 Å². The Hall–Kier alpha value is -2.76. The van der Waals surface area contributed by atoms with Crippen molar-refractivity contribution in [3.05, 3.63) is 54.2 Å². The number of carboxylic acid groups (broad SMARTS) is 1. The summed E-state index contributed by atoms with van der Waals surface area (Å²) in [5.74, 6) is -1.48. The van der Waals surface area contributed by atoms with Crippen LogP contribution in [0.3, 0.4) is 0 Å². The molecule has 5 nitrogen and oxygen atoms in total. The number of aromatic nitrogens is 3. The van der Waals surface area contributed by atoms with Crippen molar-refractivity contribution < 1.29 is 14.3 Å². The van der Waals surface area contributed by atoms with Gasteiger partial charge >= 0.3 is 5.97 Å². The lowest BCUT2D eigenvalue weighted by Crippen LogP contribution is -2.01. The predicted molar refractivity (Wildman–Crippen MR) is 65.8 cm³/mol. The number of carboxylic acids is 1. The van der Waals surface area contributed by atoms with Gasteiger partial charge in [0.25, 0.3) is 0 Å². The molecule has 19 heavy (non-hydrogen) atoms. The summed E-state index contributed by atoms with van der Waals surface area (Å²) >= 11 is 0. The van der Waals surface area contributed by atoms with Gasteiger partial charge in [-0.05, 0) is 30.3 Å². The number of fused-ring (bicyclic) bond motifs is 1. The topological polar surface area (TPSA) is 68.0 Å². The third kappa shape index (κ3) is 1.83. The second-order valence-corrected chi connectivity index (χ2v) is 3.93. The molecular formula is C13H8FN3O2. The van der Waals surface area contributed by atoms with Gasteiger partial charge in [0.2, 0.25) is 0 Å². The Labute approximate surface area is 106 Å². The molecule has 0 atom stereocenters. The first-order valence-corrected chi connectivity index (χ1v) is 5.49. The highest BCUT2D eigenvalue weighted by atomic mass is 19.1. The van der Waals surface area contributed by atoms with Crippen LogP contribution in [0, 0.1) is 5.82 Å². The smallest absolute Gasteiger partial charge is 0.357 e. The van der Waals surface area contributed by atoms with E-state index in [1.165, 1.54) is 41.3 Å². The zero-order chi connectivity index (χ0) is 13.4. The Kier molecular flexibility index (Phi) is 2.49. The van der Waals surface area contributed by atoms with Crippen molar-refractivity contribution >= 4 is 16.9 Å². The molecule has 0 unspecified atom stereocenters. The van der Waals surface area contributed by atoms with Crippen LogP contribution in [0.2, 0.25) is 0 Å². The lowest BCUT2D eigenvalue weighted by molar-refractivity contribution is 0.0692. The van der Waals surface area contributed by atoms with E-state index >= 15 is 0 Å². The molecule has 2 aromatic heterocycles. The van der Waals surface area contributed by atoms with Gasteiger partial charge in [0.05, 0.1) is 17.4 Å². The molecule has 0 aliphatic carbocycles. The summed E-state index contributed by atoms with van der Waals surface area (Å²) < 4.78 is 14.3. The van der Waals surface area contributed by atoms with Gasteiger partial charge in [-0.1, -0.05) is 0 Å². The number of hydrogen-bond donors (Lipinski definition) is 1. The lowest BCUT2D eigenvalue weighted by atomic mass is 10.2. The average molecular weight is 257 g/mol. The fraction of sp³-hybridized carbons (Fsp3) is 0. The van der Waals surface area contributed by atoms with Crippen LogP contribution < -0.4 is 0 Å². The molecule has 0 saturated heterocycles. The zero-order valence-electron chi connectivity index (χ0n) is 9.62. The molecule has 0 aliphatic rings. The van der Waals surface area contributed by atoms with Gasteiger partial charge in [-0.3, -0.25) is 4.98 Å². The van der Waals surface area contributed by atoms with Crippen molar-refractivity contribution in [1.82, 2.24) is 14.8 Å². The molecule has 3 aromatic rings. The summed E-state index contributed by atoms with van der Waals surface area (Å²) in [6.07, 6.45) is 3.03. The Bertz CT molecular complexity index is 765. The number of nitrogens with zero attached hydrogens (tertiary/aromatic N) is 3. The minimum atomic E-state index is -1.11. The number of carbonyl (C=O) groups is 1. The molecule has 94 valence electrons. The molecule has 2 heterocycles. The normalized spacial score (nSPS) is 10.8. The fourth-order valence-corrected chi connectivity index (χ4v) is 1.90. The minimum absolute atomic E-state index is 0.0540. The van der Waals surface area contributed by atoms with E-state index in [0.29, 0.717) is 16.6 Å².